The van der Waals surface area contributed by atoms with E-state index in [-0.39, 0.29) is 6.04 Å². The predicted molar refractivity (Wildman–Crippen MR) is 76.1 cm³/mol. The number of nitrogens with one attached hydrogen (secondary N) is 1. The van der Waals surface area contributed by atoms with Crippen LogP contribution in [-0.4, -0.2) is 7.05 Å². The summed E-state index contributed by atoms with van der Waals surface area (Å²) in [6, 6.07) is 10.5. The van der Waals surface area contributed by atoms with Crippen molar-refractivity contribution in [2.75, 3.05) is 7.05 Å². The van der Waals surface area contributed by atoms with Crippen molar-refractivity contribution in [3.8, 4) is 0 Å². The van der Waals surface area contributed by atoms with E-state index in [2.05, 4.69) is 31.3 Å². The number of hydrogen-bond donors (Lipinski definition) is 1. The van der Waals surface area contributed by atoms with Crippen LogP contribution in [0.3, 0.4) is 0 Å². The van der Waals surface area contributed by atoms with Crippen LogP contribution in [0.15, 0.2) is 30.3 Å². The molecule has 0 fully saturated rings. The van der Waals surface area contributed by atoms with Crippen LogP contribution in [0.2, 0.25) is 5.02 Å². The topological polar surface area (TPSA) is 12.0 Å². The number of thiophene rings is 1. The van der Waals surface area contributed by atoms with Gasteiger partial charge in [0, 0.05) is 14.8 Å². The molecule has 1 nitrogen and oxygen atoms in total. The molecule has 1 aromatic carbocycles. The van der Waals surface area contributed by atoms with E-state index in [0.717, 1.165) is 5.02 Å². The Morgan fingerprint density at radius 1 is 1.24 bits per heavy atom. The van der Waals surface area contributed by atoms with E-state index in [1.165, 1.54) is 20.9 Å². The highest BCUT2D eigenvalue weighted by molar-refractivity contribution is 7.12. The Hall–Kier alpha value is -0.830. The second kappa shape index (κ2) is 5.21. The molecule has 1 unspecified atom stereocenters. The first-order valence-electron chi connectivity index (χ1n) is 5.61. The lowest BCUT2D eigenvalue weighted by atomic mass is 9.99. The molecule has 17 heavy (non-hydrogen) atoms. The summed E-state index contributed by atoms with van der Waals surface area (Å²) >= 11 is 7.89. The first-order valence-corrected chi connectivity index (χ1v) is 6.81. The Morgan fingerprint density at radius 3 is 2.53 bits per heavy atom. The van der Waals surface area contributed by atoms with Crippen LogP contribution < -0.4 is 5.32 Å². The third-order valence-corrected chi connectivity index (χ3v) is 4.08. The molecule has 2 aromatic rings. The molecule has 0 radical (unpaired) electrons. The van der Waals surface area contributed by atoms with Crippen molar-refractivity contribution in [3.63, 3.8) is 0 Å². The van der Waals surface area contributed by atoms with Crippen LogP contribution in [0.1, 0.15) is 26.9 Å². The molecule has 1 aromatic heterocycles. The molecule has 0 saturated carbocycles. The predicted octanol–water partition coefficient (Wildman–Crippen LogP) is 4.33. The van der Waals surface area contributed by atoms with Crippen LogP contribution in [-0.2, 0) is 0 Å². The van der Waals surface area contributed by atoms with E-state index in [4.69, 9.17) is 11.6 Å². The minimum absolute atomic E-state index is 0.221. The average Bonchev–Trinajstić information content (AvgIpc) is 2.59. The van der Waals surface area contributed by atoms with E-state index in [9.17, 15) is 0 Å². The highest BCUT2D eigenvalue weighted by Gasteiger charge is 2.16. The number of hydrogen-bond acceptors (Lipinski definition) is 2. The minimum atomic E-state index is 0.221. The fourth-order valence-corrected chi connectivity index (χ4v) is 3.29. The highest BCUT2D eigenvalue weighted by Crippen LogP contribution is 2.31. The van der Waals surface area contributed by atoms with Crippen LogP contribution in [0, 0.1) is 13.8 Å². The molecule has 0 aliphatic rings. The van der Waals surface area contributed by atoms with Gasteiger partial charge < -0.3 is 5.32 Å². The summed E-state index contributed by atoms with van der Waals surface area (Å²) in [5.74, 6) is 0. The van der Waals surface area contributed by atoms with Gasteiger partial charge in [0.2, 0.25) is 0 Å². The fourth-order valence-electron chi connectivity index (χ4n) is 2.12. The van der Waals surface area contributed by atoms with Crippen molar-refractivity contribution >= 4 is 22.9 Å². The van der Waals surface area contributed by atoms with Crippen LogP contribution in [0.4, 0.5) is 0 Å². The SMILES string of the molecule is CNC(c1cccc(Cl)c1)c1cc(C)sc1C. The van der Waals surface area contributed by atoms with E-state index in [1.54, 1.807) is 0 Å². The number of halogens is 1. The first kappa shape index (κ1) is 12.6. The molecule has 3 heteroatoms. The highest BCUT2D eigenvalue weighted by atomic mass is 35.5. The molecule has 0 amide bonds. The Bertz CT molecular complexity index is 519. The molecule has 1 heterocycles. The minimum Gasteiger partial charge on any atom is -0.309 e. The van der Waals surface area contributed by atoms with Gasteiger partial charge in [0.15, 0.2) is 0 Å². The molecular weight excluding hydrogens is 250 g/mol. The monoisotopic (exact) mass is 265 g/mol. The molecule has 0 aliphatic heterocycles. The molecule has 0 bridgehead atoms. The molecule has 1 atom stereocenters. The lowest BCUT2D eigenvalue weighted by molar-refractivity contribution is 0.691. The van der Waals surface area contributed by atoms with E-state index >= 15 is 0 Å². The normalized spacial score (nSPS) is 12.7. The quantitative estimate of drug-likeness (QED) is 0.871. The van der Waals surface area contributed by atoms with Gasteiger partial charge in [-0.3, -0.25) is 0 Å². The Balaban J connectivity index is 2.43. The zero-order valence-corrected chi connectivity index (χ0v) is 11.8. The van der Waals surface area contributed by atoms with Crippen molar-refractivity contribution in [1.29, 1.82) is 0 Å². The van der Waals surface area contributed by atoms with E-state index < -0.39 is 0 Å². The summed E-state index contributed by atoms with van der Waals surface area (Å²) in [7, 11) is 1.98. The standard InChI is InChI=1S/C14H16ClNS/c1-9-7-13(10(2)17-9)14(16-3)11-5-4-6-12(15)8-11/h4-8,14,16H,1-3H3. The summed E-state index contributed by atoms with van der Waals surface area (Å²) in [6.45, 7) is 4.31. The second-order valence-corrected chi connectivity index (χ2v) is 6.04. The van der Waals surface area contributed by atoms with Gasteiger partial charge in [-0.2, -0.15) is 0 Å². The molecule has 0 spiro atoms. The summed E-state index contributed by atoms with van der Waals surface area (Å²) < 4.78 is 0. The number of rotatable bonds is 3. The third kappa shape index (κ3) is 2.71. The maximum Gasteiger partial charge on any atom is 0.0585 e. The third-order valence-electron chi connectivity index (χ3n) is 2.86. The molecule has 2 rings (SSSR count). The van der Waals surface area contributed by atoms with E-state index in [1.807, 2.05) is 36.6 Å². The van der Waals surface area contributed by atoms with Gasteiger partial charge in [0.25, 0.3) is 0 Å². The molecule has 90 valence electrons. The Kier molecular flexibility index (Phi) is 3.87. The largest absolute Gasteiger partial charge is 0.309 e. The fraction of sp³-hybridized carbons (Fsp3) is 0.286. The molecule has 0 aliphatic carbocycles. The second-order valence-electron chi connectivity index (χ2n) is 4.15. The van der Waals surface area contributed by atoms with Crippen molar-refractivity contribution in [2.45, 2.75) is 19.9 Å². The molecule has 0 saturated heterocycles. The van der Waals surface area contributed by atoms with Gasteiger partial charge in [-0.05, 0) is 50.2 Å². The first-order chi connectivity index (χ1) is 8.11. The summed E-state index contributed by atoms with van der Waals surface area (Å²) in [6.07, 6.45) is 0. The lowest BCUT2D eigenvalue weighted by Crippen LogP contribution is -2.17. The van der Waals surface area contributed by atoms with Crippen molar-refractivity contribution in [2.24, 2.45) is 0 Å². The summed E-state index contributed by atoms with van der Waals surface area (Å²) in [5, 5.41) is 4.15. The smallest absolute Gasteiger partial charge is 0.0585 e. The van der Waals surface area contributed by atoms with Gasteiger partial charge in [0.05, 0.1) is 6.04 Å². The van der Waals surface area contributed by atoms with E-state index in [0.29, 0.717) is 0 Å². The van der Waals surface area contributed by atoms with Crippen molar-refractivity contribution < 1.29 is 0 Å². The zero-order chi connectivity index (χ0) is 12.4. The summed E-state index contributed by atoms with van der Waals surface area (Å²) in [4.78, 5) is 2.71. The van der Waals surface area contributed by atoms with Gasteiger partial charge in [-0.1, -0.05) is 23.7 Å². The zero-order valence-electron chi connectivity index (χ0n) is 10.3. The lowest BCUT2D eigenvalue weighted by Gasteiger charge is -2.17. The number of benzene rings is 1. The van der Waals surface area contributed by atoms with Crippen molar-refractivity contribution in [3.05, 3.63) is 56.2 Å². The van der Waals surface area contributed by atoms with Gasteiger partial charge in [-0.25, -0.2) is 0 Å². The Labute approximate surface area is 111 Å². The average molecular weight is 266 g/mol. The maximum absolute atomic E-state index is 6.05. The van der Waals surface area contributed by atoms with Crippen LogP contribution in [0.25, 0.3) is 0 Å². The number of aryl methyl sites for hydroxylation is 2. The van der Waals surface area contributed by atoms with Gasteiger partial charge >= 0.3 is 0 Å². The van der Waals surface area contributed by atoms with Gasteiger partial charge in [-0.15, -0.1) is 11.3 Å². The molecular formula is C14H16ClNS. The van der Waals surface area contributed by atoms with Crippen molar-refractivity contribution in [1.82, 2.24) is 5.32 Å². The summed E-state index contributed by atoms with van der Waals surface area (Å²) in [5.41, 5.74) is 2.55. The Morgan fingerprint density at radius 2 is 2.00 bits per heavy atom. The van der Waals surface area contributed by atoms with Gasteiger partial charge in [0.1, 0.15) is 0 Å². The molecule has 1 N–H and O–H groups in total. The van der Waals surface area contributed by atoms with Crippen LogP contribution >= 0.6 is 22.9 Å². The van der Waals surface area contributed by atoms with Crippen LogP contribution in [0.5, 0.6) is 0 Å². The maximum atomic E-state index is 6.05.